The average molecular weight is 265 g/mol. The number of hydrogen-bond acceptors (Lipinski definition) is 4. The largest absolute Gasteiger partial charge is 0.478 e. The van der Waals surface area contributed by atoms with E-state index in [1.54, 1.807) is 6.07 Å². The molecule has 0 radical (unpaired) electrons. The Hall–Kier alpha value is -1.95. The fourth-order valence-corrected chi connectivity index (χ4v) is 1.92. The number of aromatic carboxylic acids is 1. The van der Waals surface area contributed by atoms with Crippen LogP contribution in [0.25, 0.3) is 5.82 Å². The van der Waals surface area contributed by atoms with Gasteiger partial charge in [0.25, 0.3) is 0 Å². The van der Waals surface area contributed by atoms with Crippen molar-refractivity contribution < 1.29 is 9.90 Å². The summed E-state index contributed by atoms with van der Waals surface area (Å²) in [5.74, 6) is -0.248. The van der Waals surface area contributed by atoms with Crippen molar-refractivity contribution in [1.29, 1.82) is 0 Å². The highest BCUT2D eigenvalue weighted by Crippen LogP contribution is 2.40. The van der Waals surface area contributed by atoms with Crippen LogP contribution in [0.5, 0.6) is 0 Å². The minimum Gasteiger partial charge on any atom is -0.478 e. The Labute approximate surface area is 107 Å². The summed E-state index contributed by atoms with van der Waals surface area (Å²) in [5.41, 5.74) is 0.851. The quantitative estimate of drug-likeness (QED) is 0.856. The van der Waals surface area contributed by atoms with Gasteiger partial charge in [-0.25, -0.2) is 14.5 Å². The van der Waals surface area contributed by atoms with Gasteiger partial charge in [0.1, 0.15) is 5.56 Å². The molecular formula is C11H9ClN4O2. The molecule has 3 rings (SSSR count). The highest BCUT2D eigenvalue weighted by atomic mass is 35.5. The van der Waals surface area contributed by atoms with Gasteiger partial charge < -0.3 is 5.11 Å². The third-order valence-electron chi connectivity index (χ3n) is 2.78. The van der Waals surface area contributed by atoms with E-state index in [1.807, 2.05) is 0 Å². The van der Waals surface area contributed by atoms with Crippen molar-refractivity contribution in [3.05, 3.63) is 35.0 Å². The summed E-state index contributed by atoms with van der Waals surface area (Å²) in [6, 6.07) is 1.63. The highest BCUT2D eigenvalue weighted by molar-refractivity contribution is 6.28. The zero-order chi connectivity index (χ0) is 12.7. The number of nitrogens with zero attached hydrogens (tertiary/aromatic N) is 4. The summed E-state index contributed by atoms with van der Waals surface area (Å²) in [6.45, 7) is 0. The minimum absolute atomic E-state index is 0.104. The lowest BCUT2D eigenvalue weighted by Crippen LogP contribution is -1.99. The molecular weight excluding hydrogens is 256 g/mol. The molecule has 0 aliphatic heterocycles. The Morgan fingerprint density at radius 1 is 1.50 bits per heavy atom. The molecule has 6 nitrogen and oxygen atoms in total. The number of carbonyl (C=O) groups is 1. The topological polar surface area (TPSA) is 80.9 Å². The first-order valence-electron chi connectivity index (χ1n) is 5.47. The molecule has 1 saturated carbocycles. The molecule has 0 amide bonds. The van der Waals surface area contributed by atoms with Gasteiger partial charge in [-0.1, -0.05) is 0 Å². The summed E-state index contributed by atoms with van der Waals surface area (Å²) in [7, 11) is 0. The number of rotatable bonds is 3. The van der Waals surface area contributed by atoms with Gasteiger partial charge in [-0.3, -0.25) is 0 Å². The molecule has 7 heteroatoms. The van der Waals surface area contributed by atoms with Crippen molar-refractivity contribution in [1.82, 2.24) is 19.7 Å². The number of carboxylic acids is 1. The average Bonchev–Trinajstić information content (AvgIpc) is 3.07. The van der Waals surface area contributed by atoms with Crippen molar-refractivity contribution in [3.63, 3.8) is 0 Å². The fourth-order valence-electron chi connectivity index (χ4n) is 1.78. The van der Waals surface area contributed by atoms with Crippen molar-refractivity contribution in [2.45, 2.75) is 18.8 Å². The zero-order valence-corrected chi connectivity index (χ0v) is 10.0. The Bertz CT molecular complexity index is 621. The molecule has 1 aliphatic carbocycles. The summed E-state index contributed by atoms with van der Waals surface area (Å²) in [4.78, 5) is 18.9. The molecule has 0 unspecified atom stereocenters. The second-order valence-electron chi connectivity index (χ2n) is 4.14. The van der Waals surface area contributed by atoms with Crippen LogP contribution in [0.2, 0.25) is 5.28 Å². The Kier molecular flexibility index (Phi) is 2.52. The predicted octanol–water partition coefficient (Wildman–Crippen LogP) is 1.89. The lowest BCUT2D eigenvalue weighted by molar-refractivity contribution is 0.0695. The SMILES string of the molecule is O=C(O)c1cn(-c2ccnc(Cl)n2)nc1C1CC1. The molecule has 1 N–H and O–H groups in total. The lowest BCUT2D eigenvalue weighted by Gasteiger charge is -1.98. The molecule has 0 spiro atoms. The molecule has 0 atom stereocenters. The fraction of sp³-hybridized carbons (Fsp3) is 0.273. The summed E-state index contributed by atoms with van der Waals surface area (Å²) >= 11 is 5.70. The van der Waals surface area contributed by atoms with Crippen LogP contribution in [0.15, 0.2) is 18.5 Å². The first kappa shape index (κ1) is 11.2. The van der Waals surface area contributed by atoms with Gasteiger partial charge in [-0.2, -0.15) is 10.1 Å². The van der Waals surface area contributed by atoms with E-state index >= 15 is 0 Å². The van der Waals surface area contributed by atoms with E-state index in [0.717, 1.165) is 12.8 Å². The Morgan fingerprint density at radius 3 is 2.89 bits per heavy atom. The van der Waals surface area contributed by atoms with Crippen LogP contribution in [0.1, 0.15) is 34.8 Å². The van der Waals surface area contributed by atoms with Crippen molar-refractivity contribution >= 4 is 17.6 Å². The number of aromatic nitrogens is 4. The van der Waals surface area contributed by atoms with Crippen LogP contribution >= 0.6 is 11.6 Å². The van der Waals surface area contributed by atoms with Gasteiger partial charge >= 0.3 is 5.97 Å². The van der Waals surface area contributed by atoms with Crippen molar-refractivity contribution in [2.75, 3.05) is 0 Å². The predicted molar refractivity (Wildman–Crippen MR) is 63.1 cm³/mol. The Balaban J connectivity index is 2.07. The summed E-state index contributed by atoms with van der Waals surface area (Å²) in [5, 5.41) is 13.5. The number of carboxylic acid groups (broad SMARTS) is 1. The van der Waals surface area contributed by atoms with E-state index in [4.69, 9.17) is 16.7 Å². The first-order valence-corrected chi connectivity index (χ1v) is 5.84. The molecule has 2 aromatic rings. The third-order valence-corrected chi connectivity index (χ3v) is 2.97. The van der Waals surface area contributed by atoms with Crippen molar-refractivity contribution in [3.8, 4) is 5.82 Å². The van der Waals surface area contributed by atoms with Crippen LogP contribution in [0.4, 0.5) is 0 Å². The first-order chi connectivity index (χ1) is 8.65. The van der Waals surface area contributed by atoms with E-state index in [1.165, 1.54) is 17.1 Å². The number of halogens is 1. The summed E-state index contributed by atoms with van der Waals surface area (Å²) < 4.78 is 1.44. The van der Waals surface area contributed by atoms with Gasteiger partial charge in [-0.15, -0.1) is 0 Å². The van der Waals surface area contributed by atoms with E-state index in [-0.39, 0.29) is 16.8 Å². The smallest absolute Gasteiger partial charge is 0.339 e. The van der Waals surface area contributed by atoms with Gasteiger partial charge in [-0.05, 0) is 24.4 Å². The van der Waals surface area contributed by atoms with Crippen LogP contribution in [-0.2, 0) is 0 Å². The van der Waals surface area contributed by atoms with Crippen LogP contribution in [0, 0.1) is 0 Å². The zero-order valence-electron chi connectivity index (χ0n) is 9.25. The molecule has 1 aliphatic rings. The van der Waals surface area contributed by atoms with Gasteiger partial charge in [0, 0.05) is 24.4 Å². The normalized spacial score (nSPS) is 14.7. The van der Waals surface area contributed by atoms with Crippen LogP contribution in [-0.4, -0.2) is 30.8 Å². The maximum Gasteiger partial charge on any atom is 0.339 e. The maximum absolute atomic E-state index is 11.2. The van der Waals surface area contributed by atoms with Crippen LogP contribution < -0.4 is 0 Å². The second-order valence-corrected chi connectivity index (χ2v) is 4.47. The molecule has 0 bridgehead atoms. The van der Waals surface area contributed by atoms with Gasteiger partial charge in [0.05, 0.1) is 5.69 Å². The van der Waals surface area contributed by atoms with Gasteiger partial charge in [0.15, 0.2) is 5.82 Å². The molecule has 1 fully saturated rings. The molecule has 0 saturated heterocycles. The highest BCUT2D eigenvalue weighted by Gasteiger charge is 2.31. The van der Waals surface area contributed by atoms with E-state index in [2.05, 4.69) is 15.1 Å². The van der Waals surface area contributed by atoms with E-state index < -0.39 is 5.97 Å². The van der Waals surface area contributed by atoms with E-state index in [0.29, 0.717) is 11.5 Å². The maximum atomic E-state index is 11.2. The lowest BCUT2D eigenvalue weighted by atomic mass is 10.2. The molecule has 2 aromatic heterocycles. The molecule has 2 heterocycles. The van der Waals surface area contributed by atoms with Crippen LogP contribution in [0.3, 0.4) is 0 Å². The van der Waals surface area contributed by atoms with Gasteiger partial charge in [0.2, 0.25) is 5.28 Å². The second kappa shape index (κ2) is 4.06. The standard InChI is InChI=1S/C11H9ClN4O2/c12-11-13-4-3-8(14-11)16-5-7(10(17)18)9(15-16)6-1-2-6/h3-6H,1-2H2,(H,17,18). The van der Waals surface area contributed by atoms with E-state index in [9.17, 15) is 4.79 Å². The monoisotopic (exact) mass is 264 g/mol. The van der Waals surface area contributed by atoms with Crippen molar-refractivity contribution in [2.24, 2.45) is 0 Å². The summed E-state index contributed by atoms with van der Waals surface area (Å²) in [6.07, 6.45) is 4.95. The molecule has 18 heavy (non-hydrogen) atoms. The third kappa shape index (κ3) is 1.95. The Morgan fingerprint density at radius 2 is 2.28 bits per heavy atom. The minimum atomic E-state index is -0.969. The molecule has 0 aromatic carbocycles. The molecule has 92 valence electrons. The number of hydrogen-bond donors (Lipinski definition) is 1.